The first kappa shape index (κ1) is 15.3. The molecule has 0 atom stereocenters. The van der Waals surface area contributed by atoms with Crippen LogP contribution in [0.4, 0.5) is 11.5 Å². The molecular formula is C21H18N4. The van der Waals surface area contributed by atoms with Crippen LogP contribution in [0.1, 0.15) is 11.1 Å². The van der Waals surface area contributed by atoms with Gasteiger partial charge in [-0.25, -0.2) is 4.98 Å². The molecule has 0 saturated carbocycles. The summed E-state index contributed by atoms with van der Waals surface area (Å²) in [5.41, 5.74) is 6.01. The van der Waals surface area contributed by atoms with Gasteiger partial charge in [-0.3, -0.25) is 4.40 Å². The molecule has 0 amide bonds. The number of aryl methyl sites for hydroxylation is 2. The standard InChI is InChI=1S/C21H18N4/c1-15-11-12-18(14-16(15)2)23-24-21-20(17-8-4-3-5-9-17)22-19-10-6-7-13-25(19)21/h3-14H,1-2H3. The van der Waals surface area contributed by atoms with Crippen molar-refractivity contribution in [2.75, 3.05) is 0 Å². The fraction of sp³-hybridized carbons (Fsp3) is 0.0952. The summed E-state index contributed by atoms with van der Waals surface area (Å²) in [6.07, 6.45) is 1.96. The van der Waals surface area contributed by atoms with Gasteiger partial charge in [0.05, 0.1) is 5.69 Å². The number of aromatic nitrogens is 2. The molecule has 0 aliphatic rings. The maximum absolute atomic E-state index is 4.74. The molecule has 2 heterocycles. The van der Waals surface area contributed by atoms with E-state index >= 15 is 0 Å². The van der Waals surface area contributed by atoms with E-state index in [9.17, 15) is 0 Å². The van der Waals surface area contributed by atoms with Gasteiger partial charge in [0.25, 0.3) is 0 Å². The minimum Gasteiger partial charge on any atom is -0.283 e. The van der Waals surface area contributed by atoms with E-state index in [-0.39, 0.29) is 0 Å². The molecule has 4 nitrogen and oxygen atoms in total. The lowest BCUT2D eigenvalue weighted by atomic mass is 10.1. The number of nitrogens with zero attached hydrogens (tertiary/aromatic N) is 4. The second-order valence-electron chi connectivity index (χ2n) is 6.05. The van der Waals surface area contributed by atoms with Crippen molar-refractivity contribution in [2.45, 2.75) is 13.8 Å². The van der Waals surface area contributed by atoms with Crippen molar-refractivity contribution in [1.29, 1.82) is 0 Å². The molecule has 0 bridgehead atoms. The Labute approximate surface area is 146 Å². The molecule has 0 aliphatic heterocycles. The van der Waals surface area contributed by atoms with Crippen molar-refractivity contribution < 1.29 is 0 Å². The third-order valence-corrected chi connectivity index (χ3v) is 4.30. The molecule has 2 aromatic carbocycles. The molecule has 2 aromatic heterocycles. The Morgan fingerprint density at radius 1 is 0.800 bits per heavy atom. The van der Waals surface area contributed by atoms with Crippen LogP contribution < -0.4 is 0 Å². The van der Waals surface area contributed by atoms with Crippen LogP contribution in [0.15, 0.2) is 83.2 Å². The van der Waals surface area contributed by atoms with Gasteiger partial charge in [0.1, 0.15) is 11.3 Å². The van der Waals surface area contributed by atoms with Crippen molar-refractivity contribution >= 4 is 17.2 Å². The Morgan fingerprint density at radius 2 is 1.60 bits per heavy atom. The topological polar surface area (TPSA) is 42.0 Å². The average molecular weight is 326 g/mol. The molecule has 0 radical (unpaired) electrons. The Balaban J connectivity index is 1.85. The lowest BCUT2D eigenvalue weighted by Gasteiger charge is -2.01. The monoisotopic (exact) mass is 326 g/mol. The zero-order valence-corrected chi connectivity index (χ0v) is 14.2. The normalized spacial score (nSPS) is 11.4. The number of fused-ring (bicyclic) bond motifs is 1. The average Bonchev–Trinajstić information content (AvgIpc) is 3.02. The van der Waals surface area contributed by atoms with Crippen molar-refractivity contribution in [2.24, 2.45) is 10.2 Å². The van der Waals surface area contributed by atoms with E-state index in [1.54, 1.807) is 0 Å². The number of hydrogen-bond acceptors (Lipinski definition) is 3. The zero-order valence-electron chi connectivity index (χ0n) is 14.2. The molecule has 122 valence electrons. The van der Waals surface area contributed by atoms with Crippen LogP contribution in [0.3, 0.4) is 0 Å². The third kappa shape index (κ3) is 2.94. The largest absolute Gasteiger partial charge is 0.283 e. The molecule has 4 rings (SSSR count). The van der Waals surface area contributed by atoms with E-state index in [1.807, 2.05) is 71.3 Å². The van der Waals surface area contributed by atoms with Crippen LogP contribution in [0.5, 0.6) is 0 Å². The van der Waals surface area contributed by atoms with Gasteiger partial charge in [-0.1, -0.05) is 42.5 Å². The van der Waals surface area contributed by atoms with Crippen LogP contribution in [0.2, 0.25) is 0 Å². The Bertz CT molecular complexity index is 1060. The number of hydrogen-bond donors (Lipinski definition) is 0. The number of rotatable bonds is 3. The lowest BCUT2D eigenvalue weighted by molar-refractivity contribution is 1.10. The molecule has 0 N–H and O–H groups in total. The van der Waals surface area contributed by atoms with E-state index in [4.69, 9.17) is 4.98 Å². The molecule has 4 aromatic rings. The summed E-state index contributed by atoms with van der Waals surface area (Å²) in [4.78, 5) is 4.74. The maximum atomic E-state index is 4.74. The van der Waals surface area contributed by atoms with Crippen LogP contribution >= 0.6 is 0 Å². The van der Waals surface area contributed by atoms with Crippen molar-refractivity contribution in [3.8, 4) is 11.3 Å². The predicted molar refractivity (Wildman–Crippen MR) is 101 cm³/mol. The summed E-state index contributed by atoms with van der Waals surface area (Å²) in [5.74, 6) is 0.736. The number of azo groups is 1. The minimum atomic E-state index is 0.736. The summed E-state index contributed by atoms with van der Waals surface area (Å²) in [6.45, 7) is 4.17. The van der Waals surface area contributed by atoms with Crippen LogP contribution in [0, 0.1) is 13.8 Å². The summed E-state index contributed by atoms with van der Waals surface area (Å²) >= 11 is 0. The SMILES string of the molecule is Cc1ccc(N=Nc2c(-c3ccccc3)nc3ccccn23)cc1C. The summed E-state index contributed by atoms with van der Waals surface area (Å²) in [5, 5.41) is 8.99. The quantitative estimate of drug-likeness (QED) is 0.424. The molecule has 0 spiro atoms. The van der Waals surface area contributed by atoms with Crippen LogP contribution in [-0.2, 0) is 0 Å². The number of pyridine rings is 1. The van der Waals surface area contributed by atoms with E-state index in [0.29, 0.717) is 0 Å². The van der Waals surface area contributed by atoms with Gasteiger partial charge < -0.3 is 0 Å². The highest BCUT2D eigenvalue weighted by atomic mass is 15.2. The Morgan fingerprint density at radius 3 is 2.40 bits per heavy atom. The van der Waals surface area contributed by atoms with Gasteiger partial charge in [-0.2, -0.15) is 0 Å². The molecular weight excluding hydrogens is 308 g/mol. The number of imidazole rings is 1. The van der Waals surface area contributed by atoms with Gasteiger partial charge in [0, 0.05) is 11.8 Å². The predicted octanol–water partition coefficient (Wildman–Crippen LogP) is 6.03. The highest BCUT2D eigenvalue weighted by molar-refractivity contribution is 5.74. The fourth-order valence-electron chi connectivity index (χ4n) is 2.76. The van der Waals surface area contributed by atoms with Crippen LogP contribution in [0.25, 0.3) is 16.9 Å². The Kier molecular flexibility index (Phi) is 3.86. The van der Waals surface area contributed by atoms with E-state index in [0.717, 1.165) is 28.4 Å². The van der Waals surface area contributed by atoms with Gasteiger partial charge in [-0.05, 0) is 49.2 Å². The van der Waals surface area contributed by atoms with Gasteiger partial charge in [0.2, 0.25) is 0 Å². The van der Waals surface area contributed by atoms with E-state index in [2.05, 4.69) is 30.1 Å². The van der Waals surface area contributed by atoms with Gasteiger partial charge in [0.15, 0.2) is 5.82 Å². The van der Waals surface area contributed by atoms with Crippen molar-refractivity contribution in [3.63, 3.8) is 0 Å². The maximum Gasteiger partial charge on any atom is 0.187 e. The lowest BCUT2D eigenvalue weighted by Crippen LogP contribution is -1.82. The van der Waals surface area contributed by atoms with Crippen molar-refractivity contribution in [1.82, 2.24) is 9.38 Å². The van der Waals surface area contributed by atoms with Crippen molar-refractivity contribution in [3.05, 3.63) is 84.1 Å². The number of benzene rings is 2. The molecule has 25 heavy (non-hydrogen) atoms. The smallest absolute Gasteiger partial charge is 0.187 e. The molecule has 0 fully saturated rings. The first-order valence-corrected chi connectivity index (χ1v) is 8.24. The molecule has 0 aliphatic carbocycles. The second kappa shape index (κ2) is 6.32. The zero-order chi connectivity index (χ0) is 17.2. The molecule has 0 unspecified atom stereocenters. The molecule has 4 heteroatoms. The van der Waals surface area contributed by atoms with E-state index in [1.165, 1.54) is 11.1 Å². The summed E-state index contributed by atoms with van der Waals surface area (Å²) < 4.78 is 1.97. The molecule has 0 saturated heterocycles. The van der Waals surface area contributed by atoms with Gasteiger partial charge >= 0.3 is 0 Å². The highest BCUT2D eigenvalue weighted by Crippen LogP contribution is 2.32. The third-order valence-electron chi connectivity index (χ3n) is 4.30. The highest BCUT2D eigenvalue weighted by Gasteiger charge is 2.13. The Hall–Kier alpha value is -3.27. The summed E-state index contributed by atoms with van der Waals surface area (Å²) in [7, 11) is 0. The minimum absolute atomic E-state index is 0.736. The van der Waals surface area contributed by atoms with E-state index < -0.39 is 0 Å². The first-order chi connectivity index (χ1) is 12.2. The fourth-order valence-corrected chi connectivity index (χ4v) is 2.76. The first-order valence-electron chi connectivity index (χ1n) is 8.24. The van der Waals surface area contributed by atoms with Gasteiger partial charge in [-0.15, -0.1) is 10.2 Å². The van der Waals surface area contributed by atoms with Crippen LogP contribution in [-0.4, -0.2) is 9.38 Å². The second-order valence-corrected chi connectivity index (χ2v) is 6.05. The summed E-state index contributed by atoms with van der Waals surface area (Å²) in [6, 6.07) is 22.1.